The monoisotopic (exact) mass is 466 g/mol. The summed E-state index contributed by atoms with van der Waals surface area (Å²) in [5.74, 6) is -1.05. The van der Waals surface area contributed by atoms with Gasteiger partial charge in [-0.05, 0) is 46.2 Å². The molecule has 6 rings (SSSR count). The van der Waals surface area contributed by atoms with E-state index in [2.05, 4.69) is 0 Å². The molecule has 0 amide bonds. The Bertz CT molecular complexity index is 1500. The number of ether oxygens (including phenoxy) is 4. The maximum atomic E-state index is 13.4. The van der Waals surface area contributed by atoms with E-state index in [-0.39, 0.29) is 13.2 Å². The lowest BCUT2D eigenvalue weighted by Crippen LogP contribution is -2.30. The van der Waals surface area contributed by atoms with Crippen LogP contribution in [-0.4, -0.2) is 25.0 Å². The van der Waals surface area contributed by atoms with Gasteiger partial charge in [0.05, 0.1) is 18.2 Å². The Morgan fingerprint density at radius 3 is 2.57 bits per heavy atom. The SMILES string of the molecule is COc1ccccc1C1(O)OC(=O)C(c2ccc3c(c2)OCO3)=C1Cc1cccc2ccccc12. The van der Waals surface area contributed by atoms with E-state index in [1.54, 1.807) is 42.5 Å². The Morgan fingerprint density at radius 2 is 1.69 bits per heavy atom. The van der Waals surface area contributed by atoms with Crippen LogP contribution in [0.25, 0.3) is 16.3 Å². The fraction of sp³-hybridized carbons (Fsp3) is 0.138. The third kappa shape index (κ3) is 3.42. The molecule has 0 aromatic heterocycles. The molecule has 4 aromatic rings. The molecule has 0 saturated heterocycles. The highest BCUT2D eigenvalue weighted by atomic mass is 16.7. The highest BCUT2D eigenvalue weighted by molar-refractivity contribution is 6.20. The van der Waals surface area contributed by atoms with Gasteiger partial charge in [0.2, 0.25) is 6.79 Å². The van der Waals surface area contributed by atoms with Crippen molar-refractivity contribution in [3.63, 3.8) is 0 Å². The average molecular weight is 466 g/mol. The minimum absolute atomic E-state index is 0.121. The summed E-state index contributed by atoms with van der Waals surface area (Å²) in [5, 5.41) is 14.1. The van der Waals surface area contributed by atoms with E-state index in [0.717, 1.165) is 16.3 Å². The molecule has 0 radical (unpaired) electrons. The number of rotatable bonds is 5. The van der Waals surface area contributed by atoms with Gasteiger partial charge in [0, 0.05) is 12.0 Å². The quantitative estimate of drug-likeness (QED) is 0.419. The molecule has 1 atom stereocenters. The molecule has 0 bridgehead atoms. The average Bonchev–Trinajstić information content (AvgIpc) is 3.46. The third-order valence-corrected chi connectivity index (χ3v) is 6.54. The van der Waals surface area contributed by atoms with Crippen LogP contribution in [0.1, 0.15) is 16.7 Å². The smallest absolute Gasteiger partial charge is 0.342 e. The Hall–Kier alpha value is -4.29. The molecule has 0 fully saturated rings. The van der Waals surface area contributed by atoms with Gasteiger partial charge in [-0.3, -0.25) is 0 Å². The van der Waals surface area contributed by atoms with Crippen molar-refractivity contribution in [2.75, 3.05) is 13.9 Å². The topological polar surface area (TPSA) is 74.2 Å². The number of benzene rings is 4. The summed E-state index contributed by atoms with van der Waals surface area (Å²) < 4.78 is 22.2. The molecule has 0 spiro atoms. The summed E-state index contributed by atoms with van der Waals surface area (Å²) in [5.41, 5.74) is 2.64. The first-order valence-corrected chi connectivity index (χ1v) is 11.3. The van der Waals surface area contributed by atoms with Crippen molar-refractivity contribution in [2.24, 2.45) is 0 Å². The normalized spacial score (nSPS) is 18.7. The zero-order valence-corrected chi connectivity index (χ0v) is 19.0. The van der Waals surface area contributed by atoms with E-state index in [4.69, 9.17) is 18.9 Å². The molecule has 1 unspecified atom stereocenters. The Kier molecular flexibility index (Phi) is 4.97. The second-order valence-corrected chi connectivity index (χ2v) is 8.47. The van der Waals surface area contributed by atoms with E-state index >= 15 is 0 Å². The van der Waals surface area contributed by atoms with Crippen LogP contribution in [0.5, 0.6) is 17.2 Å². The largest absolute Gasteiger partial charge is 0.496 e. The van der Waals surface area contributed by atoms with E-state index < -0.39 is 11.8 Å². The van der Waals surface area contributed by atoms with Gasteiger partial charge < -0.3 is 24.1 Å². The number of carbonyl (C=O) groups is 1. The number of hydrogen-bond acceptors (Lipinski definition) is 6. The van der Waals surface area contributed by atoms with E-state index in [9.17, 15) is 9.90 Å². The fourth-order valence-electron chi connectivity index (χ4n) is 4.87. The minimum Gasteiger partial charge on any atom is -0.496 e. The van der Waals surface area contributed by atoms with Crippen LogP contribution in [0.2, 0.25) is 0 Å². The second kappa shape index (κ2) is 8.18. The van der Waals surface area contributed by atoms with Gasteiger partial charge in [-0.1, -0.05) is 60.7 Å². The molecule has 0 saturated carbocycles. The lowest BCUT2D eigenvalue weighted by atomic mass is 9.86. The molecule has 2 aliphatic rings. The van der Waals surface area contributed by atoms with Crippen LogP contribution >= 0.6 is 0 Å². The number of carbonyl (C=O) groups excluding carboxylic acids is 1. The maximum absolute atomic E-state index is 13.4. The molecule has 6 heteroatoms. The second-order valence-electron chi connectivity index (χ2n) is 8.47. The number of esters is 1. The predicted molar refractivity (Wildman–Crippen MR) is 130 cm³/mol. The van der Waals surface area contributed by atoms with Gasteiger partial charge in [0.25, 0.3) is 5.79 Å². The van der Waals surface area contributed by atoms with Crippen molar-refractivity contribution in [1.29, 1.82) is 0 Å². The van der Waals surface area contributed by atoms with Crippen molar-refractivity contribution in [3.8, 4) is 17.2 Å². The van der Waals surface area contributed by atoms with Gasteiger partial charge in [0.15, 0.2) is 11.5 Å². The number of fused-ring (bicyclic) bond motifs is 2. The number of hydrogen-bond donors (Lipinski definition) is 1. The van der Waals surface area contributed by atoms with Crippen molar-refractivity contribution < 1.29 is 28.8 Å². The van der Waals surface area contributed by atoms with Crippen LogP contribution in [0.4, 0.5) is 0 Å². The van der Waals surface area contributed by atoms with E-state index in [0.29, 0.717) is 39.5 Å². The predicted octanol–water partition coefficient (Wildman–Crippen LogP) is 4.98. The fourth-order valence-corrected chi connectivity index (χ4v) is 4.87. The molecular weight excluding hydrogens is 444 g/mol. The molecule has 2 heterocycles. The zero-order chi connectivity index (χ0) is 24.0. The van der Waals surface area contributed by atoms with Crippen molar-refractivity contribution in [1.82, 2.24) is 0 Å². The number of cyclic esters (lactones) is 1. The number of para-hydroxylation sites is 1. The molecule has 2 aliphatic heterocycles. The van der Waals surface area contributed by atoms with Crippen molar-refractivity contribution in [3.05, 3.63) is 107 Å². The molecular formula is C29H22O6. The lowest BCUT2D eigenvalue weighted by Gasteiger charge is -2.27. The summed E-state index contributed by atoms with van der Waals surface area (Å²) in [6.45, 7) is 0.121. The summed E-state index contributed by atoms with van der Waals surface area (Å²) >= 11 is 0. The third-order valence-electron chi connectivity index (χ3n) is 6.54. The van der Waals surface area contributed by atoms with Crippen molar-refractivity contribution >= 4 is 22.3 Å². The Labute approximate surface area is 201 Å². The summed E-state index contributed by atoms with van der Waals surface area (Å²) in [4.78, 5) is 13.4. The van der Waals surface area contributed by atoms with Gasteiger partial charge >= 0.3 is 5.97 Å². The number of methoxy groups -OCH3 is 1. The van der Waals surface area contributed by atoms with Gasteiger partial charge in [-0.2, -0.15) is 0 Å². The lowest BCUT2D eigenvalue weighted by molar-refractivity contribution is -0.185. The maximum Gasteiger partial charge on any atom is 0.342 e. The zero-order valence-electron chi connectivity index (χ0n) is 19.0. The molecule has 1 N–H and O–H groups in total. The molecule has 6 nitrogen and oxygen atoms in total. The molecule has 0 aliphatic carbocycles. The van der Waals surface area contributed by atoms with E-state index in [1.165, 1.54) is 7.11 Å². The van der Waals surface area contributed by atoms with Gasteiger partial charge in [-0.15, -0.1) is 0 Å². The van der Waals surface area contributed by atoms with Gasteiger partial charge in [-0.25, -0.2) is 4.79 Å². The summed E-state index contributed by atoms with van der Waals surface area (Å²) in [6.07, 6.45) is 0.283. The van der Waals surface area contributed by atoms with Crippen LogP contribution < -0.4 is 14.2 Å². The van der Waals surface area contributed by atoms with Crippen LogP contribution in [0.15, 0.2) is 90.5 Å². The highest BCUT2D eigenvalue weighted by Gasteiger charge is 2.49. The summed E-state index contributed by atoms with van der Waals surface area (Å²) in [7, 11) is 1.52. The Morgan fingerprint density at radius 1 is 0.914 bits per heavy atom. The van der Waals surface area contributed by atoms with Crippen LogP contribution in [0, 0.1) is 0 Å². The highest BCUT2D eigenvalue weighted by Crippen LogP contribution is 2.48. The Balaban J connectivity index is 1.58. The van der Waals surface area contributed by atoms with Gasteiger partial charge in [0.1, 0.15) is 5.75 Å². The van der Waals surface area contributed by atoms with E-state index in [1.807, 2.05) is 42.5 Å². The summed E-state index contributed by atoms with van der Waals surface area (Å²) in [6, 6.07) is 26.3. The van der Waals surface area contributed by atoms with Crippen LogP contribution in [-0.2, 0) is 21.7 Å². The molecule has 4 aromatic carbocycles. The van der Waals surface area contributed by atoms with Crippen LogP contribution in [0.3, 0.4) is 0 Å². The number of aliphatic hydroxyl groups is 1. The minimum atomic E-state index is -2.01. The first kappa shape index (κ1) is 21.3. The molecule has 174 valence electrons. The van der Waals surface area contributed by atoms with Crippen molar-refractivity contribution in [2.45, 2.75) is 12.2 Å². The molecule has 35 heavy (non-hydrogen) atoms. The first-order valence-electron chi connectivity index (χ1n) is 11.3. The first-order chi connectivity index (χ1) is 17.1. The standard InChI is InChI=1S/C29H22O6/c1-32-24-12-5-4-11-22(24)29(31)23(15-19-9-6-8-18-7-2-3-10-21(18)19)27(28(30)35-29)20-13-14-25-26(16-20)34-17-33-25/h2-14,16,31H,15,17H2,1H3.